The lowest BCUT2D eigenvalue weighted by Crippen LogP contribution is -2.64. The third-order valence-electron chi connectivity index (χ3n) is 2.94. The SMILES string of the molecule is C[C@@H]1OC(N[C@H](C(=O)O)[C@@H](C)O)[C@@H](O)[C@H](O)[C@@H]1O. The van der Waals surface area contributed by atoms with E-state index in [0.29, 0.717) is 0 Å². The summed E-state index contributed by atoms with van der Waals surface area (Å²) in [5.41, 5.74) is 0. The van der Waals surface area contributed by atoms with Gasteiger partial charge >= 0.3 is 5.97 Å². The van der Waals surface area contributed by atoms with Gasteiger partial charge < -0.3 is 30.3 Å². The van der Waals surface area contributed by atoms with E-state index in [1.807, 2.05) is 0 Å². The second-order valence-corrected chi connectivity index (χ2v) is 4.46. The van der Waals surface area contributed by atoms with Crippen LogP contribution < -0.4 is 5.32 Å². The molecule has 1 saturated heterocycles. The van der Waals surface area contributed by atoms with E-state index in [2.05, 4.69) is 5.32 Å². The van der Waals surface area contributed by atoms with Crippen molar-refractivity contribution in [2.75, 3.05) is 0 Å². The largest absolute Gasteiger partial charge is 0.480 e. The number of ether oxygens (including phenoxy) is 1. The Bertz CT molecular complexity index is 298. The van der Waals surface area contributed by atoms with Crippen LogP contribution in [0.3, 0.4) is 0 Å². The predicted molar refractivity (Wildman–Crippen MR) is 58.6 cm³/mol. The van der Waals surface area contributed by atoms with Gasteiger partial charge in [0.05, 0.1) is 12.2 Å². The Labute approximate surface area is 104 Å². The van der Waals surface area contributed by atoms with Crippen molar-refractivity contribution >= 4 is 5.97 Å². The molecule has 106 valence electrons. The molecule has 8 nitrogen and oxygen atoms in total. The van der Waals surface area contributed by atoms with Crippen molar-refractivity contribution in [3.05, 3.63) is 0 Å². The molecule has 1 aliphatic heterocycles. The summed E-state index contributed by atoms with van der Waals surface area (Å²) in [6.07, 6.45) is -7.37. The van der Waals surface area contributed by atoms with Gasteiger partial charge in [0, 0.05) is 0 Å². The van der Waals surface area contributed by atoms with Gasteiger partial charge in [-0.2, -0.15) is 0 Å². The Kier molecular flexibility index (Phi) is 5.02. The monoisotopic (exact) mass is 265 g/mol. The third kappa shape index (κ3) is 3.16. The molecule has 0 aromatic rings. The van der Waals surface area contributed by atoms with Gasteiger partial charge in [-0.25, -0.2) is 0 Å². The summed E-state index contributed by atoms with van der Waals surface area (Å²) in [6.45, 7) is 2.75. The molecule has 0 aromatic heterocycles. The molecule has 8 heteroatoms. The number of carboxylic acid groups (broad SMARTS) is 1. The molecule has 0 saturated carbocycles. The van der Waals surface area contributed by atoms with E-state index in [1.54, 1.807) is 0 Å². The van der Waals surface area contributed by atoms with Crippen LogP contribution >= 0.6 is 0 Å². The lowest BCUT2D eigenvalue weighted by Gasteiger charge is -2.40. The molecular weight excluding hydrogens is 246 g/mol. The van der Waals surface area contributed by atoms with E-state index in [4.69, 9.17) is 9.84 Å². The minimum Gasteiger partial charge on any atom is -0.480 e. The van der Waals surface area contributed by atoms with Crippen molar-refractivity contribution in [1.82, 2.24) is 5.32 Å². The number of carbonyl (C=O) groups is 1. The van der Waals surface area contributed by atoms with Gasteiger partial charge in [-0.1, -0.05) is 0 Å². The highest BCUT2D eigenvalue weighted by Crippen LogP contribution is 2.20. The molecule has 18 heavy (non-hydrogen) atoms. The van der Waals surface area contributed by atoms with Gasteiger partial charge in [-0.3, -0.25) is 10.1 Å². The summed E-state index contributed by atoms with van der Waals surface area (Å²) in [5.74, 6) is -1.31. The Balaban J connectivity index is 2.74. The highest BCUT2D eigenvalue weighted by molar-refractivity contribution is 5.74. The first-order valence-electron chi connectivity index (χ1n) is 5.62. The quantitative estimate of drug-likeness (QED) is 0.321. The van der Waals surface area contributed by atoms with Crippen LogP contribution in [0.25, 0.3) is 0 Å². The standard InChI is InChI=1S/C10H19NO7/c1-3(12)5(10(16)17)11-9-8(15)7(14)6(13)4(2)18-9/h3-9,11-15H,1-2H3,(H,16,17)/t3-,4+,5+,6-,7-,8+,9?/m1/s1. The number of hydrogen-bond donors (Lipinski definition) is 6. The fourth-order valence-corrected chi connectivity index (χ4v) is 1.78. The Morgan fingerprint density at radius 2 is 1.78 bits per heavy atom. The highest BCUT2D eigenvalue weighted by Gasteiger charge is 2.43. The third-order valence-corrected chi connectivity index (χ3v) is 2.94. The van der Waals surface area contributed by atoms with Gasteiger partial charge in [0.1, 0.15) is 30.6 Å². The van der Waals surface area contributed by atoms with E-state index in [0.717, 1.165) is 0 Å². The minimum atomic E-state index is -1.49. The van der Waals surface area contributed by atoms with Crippen LogP contribution in [0.5, 0.6) is 0 Å². The lowest BCUT2D eigenvalue weighted by molar-refractivity contribution is -0.228. The topological polar surface area (TPSA) is 139 Å². The van der Waals surface area contributed by atoms with Crippen molar-refractivity contribution < 1.29 is 35.1 Å². The summed E-state index contributed by atoms with van der Waals surface area (Å²) >= 11 is 0. The Hall–Kier alpha value is -0.770. The smallest absolute Gasteiger partial charge is 0.323 e. The summed E-state index contributed by atoms with van der Waals surface area (Å²) in [5, 5.41) is 49.2. The van der Waals surface area contributed by atoms with Crippen molar-refractivity contribution in [3.63, 3.8) is 0 Å². The number of rotatable bonds is 4. The number of carboxylic acids is 1. The Morgan fingerprint density at radius 1 is 1.22 bits per heavy atom. The summed E-state index contributed by atoms with van der Waals surface area (Å²) in [6, 6.07) is -1.35. The molecule has 0 bridgehead atoms. The molecule has 1 unspecified atom stereocenters. The summed E-state index contributed by atoms with van der Waals surface area (Å²) in [7, 11) is 0. The number of aliphatic carboxylic acids is 1. The van der Waals surface area contributed by atoms with E-state index in [-0.39, 0.29) is 0 Å². The van der Waals surface area contributed by atoms with E-state index >= 15 is 0 Å². The van der Waals surface area contributed by atoms with Crippen LogP contribution in [-0.4, -0.2) is 74.3 Å². The maximum atomic E-state index is 10.9. The number of aliphatic hydroxyl groups is 4. The summed E-state index contributed by atoms with van der Waals surface area (Å²) < 4.78 is 5.17. The van der Waals surface area contributed by atoms with Crippen LogP contribution in [0.2, 0.25) is 0 Å². The number of aliphatic hydroxyl groups excluding tert-OH is 4. The normalized spacial score (nSPS) is 40.2. The fraction of sp³-hybridized carbons (Fsp3) is 0.900. The van der Waals surface area contributed by atoms with Crippen molar-refractivity contribution in [2.24, 2.45) is 0 Å². The van der Waals surface area contributed by atoms with Crippen LogP contribution in [0.4, 0.5) is 0 Å². The van der Waals surface area contributed by atoms with Crippen molar-refractivity contribution in [2.45, 2.75) is 56.6 Å². The second kappa shape index (κ2) is 5.91. The van der Waals surface area contributed by atoms with E-state index in [1.165, 1.54) is 13.8 Å². The molecule has 1 rings (SSSR count). The second-order valence-electron chi connectivity index (χ2n) is 4.46. The summed E-state index contributed by atoms with van der Waals surface area (Å²) in [4.78, 5) is 10.9. The molecule has 0 aliphatic carbocycles. The molecular formula is C10H19NO7. The molecule has 1 heterocycles. The van der Waals surface area contributed by atoms with Gasteiger partial charge in [0.2, 0.25) is 0 Å². The zero-order chi connectivity index (χ0) is 14.0. The fourth-order valence-electron chi connectivity index (χ4n) is 1.78. The van der Waals surface area contributed by atoms with Gasteiger partial charge in [0.15, 0.2) is 0 Å². The van der Waals surface area contributed by atoms with Crippen LogP contribution in [0.1, 0.15) is 13.8 Å². The zero-order valence-electron chi connectivity index (χ0n) is 10.1. The molecule has 0 aromatic carbocycles. The first-order valence-corrected chi connectivity index (χ1v) is 5.62. The number of nitrogens with one attached hydrogen (secondary N) is 1. The van der Waals surface area contributed by atoms with Crippen LogP contribution in [-0.2, 0) is 9.53 Å². The molecule has 1 fully saturated rings. The van der Waals surface area contributed by atoms with Crippen molar-refractivity contribution in [1.29, 1.82) is 0 Å². The first-order chi connectivity index (χ1) is 8.25. The average molecular weight is 265 g/mol. The average Bonchev–Trinajstić information content (AvgIpc) is 2.28. The maximum Gasteiger partial charge on any atom is 0.323 e. The maximum absolute atomic E-state index is 10.9. The molecule has 6 N–H and O–H groups in total. The molecule has 0 spiro atoms. The van der Waals surface area contributed by atoms with Crippen LogP contribution in [0, 0.1) is 0 Å². The van der Waals surface area contributed by atoms with Crippen LogP contribution in [0.15, 0.2) is 0 Å². The zero-order valence-corrected chi connectivity index (χ0v) is 10.1. The lowest BCUT2D eigenvalue weighted by atomic mass is 9.98. The number of hydrogen-bond acceptors (Lipinski definition) is 7. The van der Waals surface area contributed by atoms with E-state index < -0.39 is 48.8 Å². The predicted octanol–water partition coefficient (Wildman–Crippen LogP) is -2.76. The van der Waals surface area contributed by atoms with E-state index in [9.17, 15) is 25.2 Å². The molecule has 1 aliphatic rings. The molecule has 0 amide bonds. The Morgan fingerprint density at radius 3 is 2.22 bits per heavy atom. The molecule has 0 radical (unpaired) electrons. The molecule has 7 atom stereocenters. The van der Waals surface area contributed by atoms with Gasteiger partial charge in [-0.05, 0) is 13.8 Å². The van der Waals surface area contributed by atoms with Crippen molar-refractivity contribution in [3.8, 4) is 0 Å². The minimum absolute atomic E-state index is 0.774. The highest BCUT2D eigenvalue weighted by atomic mass is 16.5. The van der Waals surface area contributed by atoms with Gasteiger partial charge in [-0.15, -0.1) is 0 Å². The van der Waals surface area contributed by atoms with Gasteiger partial charge in [0.25, 0.3) is 0 Å². The first kappa shape index (κ1) is 15.3.